The largest absolute Gasteiger partial charge is 0.265 e. The van der Waals surface area contributed by atoms with Crippen molar-refractivity contribution in [1.82, 2.24) is 19.9 Å². The third-order valence-electron chi connectivity index (χ3n) is 3.86. The summed E-state index contributed by atoms with van der Waals surface area (Å²) in [5, 5.41) is 0. The van der Waals surface area contributed by atoms with Gasteiger partial charge in [0.25, 0.3) is 0 Å². The fourth-order valence-corrected chi connectivity index (χ4v) is 2.68. The molecular formula is C20H14N4. The number of hydrogen-bond donors (Lipinski definition) is 0. The Bertz CT molecular complexity index is 953. The van der Waals surface area contributed by atoms with Gasteiger partial charge in [-0.1, -0.05) is 0 Å². The molecule has 0 saturated carbocycles. The van der Waals surface area contributed by atoms with Gasteiger partial charge in [0, 0.05) is 48.9 Å². The van der Waals surface area contributed by atoms with Crippen LogP contribution in [0, 0.1) is 0 Å². The van der Waals surface area contributed by atoms with E-state index in [1.165, 1.54) is 0 Å². The maximum absolute atomic E-state index is 4.55. The third-order valence-corrected chi connectivity index (χ3v) is 3.86. The molecule has 4 rings (SSSR count). The molecule has 0 aliphatic carbocycles. The minimum Gasteiger partial charge on any atom is -0.265 e. The van der Waals surface area contributed by atoms with Crippen LogP contribution in [0.1, 0.15) is 0 Å². The number of rotatable bonds is 3. The maximum Gasteiger partial charge on any atom is 0.0729 e. The molecule has 0 bridgehead atoms. The molecule has 0 spiro atoms. The molecule has 0 fully saturated rings. The van der Waals surface area contributed by atoms with Gasteiger partial charge in [0.1, 0.15) is 0 Å². The summed E-state index contributed by atoms with van der Waals surface area (Å²) >= 11 is 0. The molecule has 4 heterocycles. The highest BCUT2D eigenvalue weighted by Crippen LogP contribution is 2.31. The van der Waals surface area contributed by atoms with Gasteiger partial charge < -0.3 is 0 Å². The Labute approximate surface area is 139 Å². The molecule has 0 aliphatic heterocycles. The van der Waals surface area contributed by atoms with Crippen LogP contribution in [0.3, 0.4) is 0 Å². The lowest BCUT2D eigenvalue weighted by Crippen LogP contribution is -1.90. The van der Waals surface area contributed by atoms with Crippen molar-refractivity contribution in [2.24, 2.45) is 0 Å². The molecule has 114 valence electrons. The number of nitrogens with zero attached hydrogens (tertiary/aromatic N) is 4. The van der Waals surface area contributed by atoms with Crippen molar-refractivity contribution >= 4 is 0 Å². The Morgan fingerprint density at radius 3 is 1.88 bits per heavy atom. The number of hydrogen-bond acceptors (Lipinski definition) is 4. The average Bonchev–Trinajstić information content (AvgIpc) is 2.69. The molecule has 4 aromatic heterocycles. The number of pyridine rings is 4. The van der Waals surface area contributed by atoms with Crippen molar-refractivity contribution in [3.63, 3.8) is 0 Å². The molecule has 4 heteroatoms. The first-order valence-corrected chi connectivity index (χ1v) is 7.63. The first-order chi connectivity index (χ1) is 11.9. The summed E-state index contributed by atoms with van der Waals surface area (Å²) in [7, 11) is 0. The Balaban J connectivity index is 1.84. The zero-order valence-electron chi connectivity index (χ0n) is 12.9. The van der Waals surface area contributed by atoms with E-state index in [2.05, 4.69) is 26.0 Å². The molecule has 0 N–H and O–H groups in total. The molecule has 0 atom stereocenters. The van der Waals surface area contributed by atoms with E-state index < -0.39 is 0 Å². The van der Waals surface area contributed by atoms with Crippen LogP contribution in [-0.4, -0.2) is 19.9 Å². The van der Waals surface area contributed by atoms with Gasteiger partial charge in [0.15, 0.2) is 0 Å². The van der Waals surface area contributed by atoms with Crippen LogP contribution < -0.4 is 0 Å². The van der Waals surface area contributed by atoms with Gasteiger partial charge in [-0.2, -0.15) is 0 Å². The Morgan fingerprint density at radius 1 is 0.500 bits per heavy atom. The fraction of sp³-hybridized carbons (Fsp3) is 0. The maximum atomic E-state index is 4.55. The summed E-state index contributed by atoms with van der Waals surface area (Å²) in [5.41, 5.74) is 6.30. The van der Waals surface area contributed by atoms with Crippen LogP contribution in [0.15, 0.2) is 85.8 Å². The van der Waals surface area contributed by atoms with E-state index in [-0.39, 0.29) is 0 Å². The minimum atomic E-state index is 0.893. The van der Waals surface area contributed by atoms with E-state index >= 15 is 0 Å². The second-order valence-corrected chi connectivity index (χ2v) is 5.32. The highest BCUT2D eigenvalue weighted by molar-refractivity contribution is 5.82. The predicted molar refractivity (Wildman–Crippen MR) is 93.9 cm³/mol. The normalized spacial score (nSPS) is 10.5. The summed E-state index contributed by atoms with van der Waals surface area (Å²) in [5.74, 6) is 0. The summed E-state index contributed by atoms with van der Waals surface area (Å²) in [4.78, 5) is 17.0. The molecule has 0 saturated heterocycles. The van der Waals surface area contributed by atoms with E-state index in [1.807, 2.05) is 48.8 Å². The smallest absolute Gasteiger partial charge is 0.0729 e. The highest BCUT2D eigenvalue weighted by atomic mass is 14.7. The number of aromatic nitrogens is 4. The standard InChI is InChI=1S/C20H14N4/c1-7-21-8-2-15(1)17-5-12-24-20(13-17)19-14-23-11-6-18(19)16-3-9-22-10-4-16/h1-14H. The topological polar surface area (TPSA) is 51.6 Å². The zero-order valence-corrected chi connectivity index (χ0v) is 12.9. The zero-order chi connectivity index (χ0) is 16.2. The van der Waals surface area contributed by atoms with E-state index in [4.69, 9.17) is 0 Å². The molecule has 0 unspecified atom stereocenters. The van der Waals surface area contributed by atoms with E-state index in [0.29, 0.717) is 0 Å². The van der Waals surface area contributed by atoms with Gasteiger partial charge in [-0.3, -0.25) is 19.9 Å². The third kappa shape index (κ3) is 2.77. The lowest BCUT2D eigenvalue weighted by molar-refractivity contribution is 1.27. The Kier molecular flexibility index (Phi) is 3.78. The van der Waals surface area contributed by atoms with Crippen molar-refractivity contribution in [3.8, 4) is 33.5 Å². The van der Waals surface area contributed by atoms with Crippen LogP contribution in [0.2, 0.25) is 0 Å². The van der Waals surface area contributed by atoms with Crippen LogP contribution in [0.4, 0.5) is 0 Å². The van der Waals surface area contributed by atoms with Crippen LogP contribution in [-0.2, 0) is 0 Å². The molecule has 0 radical (unpaired) electrons. The van der Waals surface area contributed by atoms with Crippen molar-refractivity contribution in [1.29, 1.82) is 0 Å². The first-order valence-electron chi connectivity index (χ1n) is 7.63. The van der Waals surface area contributed by atoms with Gasteiger partial charge in [-0.25, -0.2) is 0 Å². The fourth-order valence-electron chi connectivity index (χ4n) is 2.68. The molecule has 4 aromatic rings. The summed E-state index contributed by atoms with van der Waals surface area (Å²) < 4.78 is 0. The molecule has 24 heavy (non-hydrogen) atoms. The molecule has 4 nitrogen and oxygen atoms in total. The molecular weight excluding hydrogens is 296 g/mol. The van der Waals surface area contributed by atoms with Crippen molar-refractivity contribution in [2.75, 3.05) is 0 Å². The molecule has 0 amide bonds. The minimum absolute atomic E-state index is 0.893. The Hall–Kier alpha value is -3.40. The second kappa shape index (κ2) is 6.38. The van der Waals surface area contributed by atoms with E-state index in [0.717, 1.165) is 33.5 Å². The summed E-state index contributed by atoms with van der Waals surface area (Å²) in [6.07, 6.45) is 12.7. The van der Waals surface area contributed by atoms with Crippen molar-refractivity contribution in [2.45, 2.75) is 0 Å². The van der Waals surface area contributed by atoms with Gasteiger partial charge in [-0.05, 0) is 64.7 Å². The summed E-state index contributed by atoms with van der Waals surface area (Å²) in [6.45, 7) is 0. The molecule has 0 aliphatic rings. The first kappa shape index (κ1) is 14.2. The van der Waals surface area contributed by atoms with E-state index in [9.17, 15) is 0 Å². The Morgan fingerprint density at radius 2 is 1.12 bits per heavy atom. The monoisotopic (exact) mass is 310 g/mol. The van der Waals surface area contributed by atoms with Crippen molar-refractivity contribution < 1.29 is 0 Å². The second-order valence-electron chi connectivity index (χ2n) is 5.32. The van der Waals surface area contributed by atoms with Gasteiger partial charge in [0.05, 0.1) is 5.69 Å². The lowest BCUT2D eigenvalue weighted by atomic mass is 9.98. The average molecular weight is 310 g/mol. The van der Waals surface area contributed by atoms with Crippen LogP contribution in [0.25, 0.3) is 33.5 Å². The van der Waals surface area contributed by atoms with Gasteiger partial charge in [-0.15, -0.1) is 0 Å². The van der Waals surface area contributed by atoms with Crippen LogP contribution in [0.5, 0.6) is 0 Å². The predicted octanol–water partition coefficient (Wildman–Crippen LogP) is 4.27. The lowest BCUT2D eigenvalue weighted by Gasteiger charge is -2.10. The van der Waals surface area contributed by atoms with Crippen LogP contribution >= 0.6 is 0 Å². The summed E-state index contributed by atoms with van der Waals surface area (Å²) in [6, 6.07) is 14.1. The van der Waals surface area contributed by atoms with Gasteiger partial charge in [0.2, 0.25) is 0 Å². The van der Waals surface area contributed by atoms with Gasteiger partial charge >= 0.3 is 0 Å². The van der Waals surface area contributed by atoms with E-state index in [1.54, 1.807) is 31.0 Å². The van der Waals surface area contributed by atoms with Crippen molar-refractivity contribution in [3.05, 3.63) is 85.8 Å². The molecule has 0 aromatic carbocycles. The highest BCUT2D eigenvalue weighted by Gasteiger charge is 2.09. The quantitative estimate of drug-likeness (QED) is 0.567. The SMILES string of the molecule is c1cc(-c2ccnc(-c3cnccc3-c3ccncc3)c2)ccn1.